The number of ether oxygens (including phenoxy) is 2. The number of nitrogens with zero attached hydrogens (tertiary/aromatic N) is 1. The molecule has 0 radical (unpaired) electrons. The molecular weight excluding hydrogens is 274 g/mol. The van der Waals surface area contributed by atoms with Crippen LogP contribution in [-0.2, 0) is 19.1 Å². The van der Waals surface area contributed by atoms with E-state index in [-0.39, 0.29) is 17.9 Å². The van der Waals surface area contributed by atoms with E-state index in [1.54, 1.807) is 4.90 Å². The van der Waals surface area contributed by atoms with Gasteiger partial charge in [0.2, 0.25) is 11.8 Å². The van der Waals surface area contributed by atoms with Crippen molar-refractivity contribution in [1.82, 2.24) is 15.5 Å². The molecule has 2 saturated heterocycles. The third kappa shape index (κ3) is 4.94. The number of nitrogens with one attached hydrogen (secondary N) is 2. The van der Waals surface area contributed by atoms with Crippen LogP contribution in [0.1, 0.15) is 19.8 Å². The lowest BCUT2D eigenvalue weighted by atomic mass is 10.1. The molecule has 7 heteroatoms. The first-order valence-corrected chi connectivity index (χ1v) is 7.67. The maximum Gasteiger partial charge on any atom is 0.245 e. The highest BCUT2D eigenvalue weighted by molar-refractivity contribution is 5.87. The van der Waals surface area contributed by atoms with E-state index in [4.69, 9.17) is 9.47 Å². The topological polar surface area (TPSA) is 79.9 Å². The van der Waals surface area contributed by atoms with Crippen LogP contribution in [0, 0.1) is 0 Å². The Kier molecular flexibility index (Phi) is 6.41. The van der Waals surface area contributed by atoms with Gasteiger partial charge in [-0.05, 0) is 6.42 Å². The number of morpholine rings is 2. The number of carbonyl (C=O) groups excluding carboxylic acids is 2. The van der Waals surface area contributed by atoms with Crippen LogP contribution in [0.4, 0.5) is 0 Å². The largest absolute Gasteiger partial charge is 0.378 e. The van der Waals surface area contributed by atoms with Gasteiger partial charge in [-0.3, -0.25) is 9.59 Å². The van der Waals surface area contributed by atoms with Crippen molar-refractivity contribution in [2.45, 2.75) is 31.8 Å². The van der Waals surface area contributed by atoms with Crippen LogP contribution >= 0.6 is 0 Å². The molecule has 2 atom stereocenters. The van der Waals surface area contributed by atoms with Gasteiger partial charge in [0.05, 0.1) is 26.4 Å². The minimum Gasteiger partial charge on any atom is -0.378 e. The van der Waals surface area contributed by atoms with Crippen LogP contribution in [0.25, 0.3) is 0 Å². The van der Waals surface area contributed by atoms with E-state index in [1.807, 2.05) is 6.92 Å². The van der Waals surface area contributed by atoms with E-state index in [9.17, 15) is 9.59 Å². The third-order valence-electron chi connectivity index (χ3n) is 3.79. The Morgan fingerprint density at radius 1 is 1.29 bits per heavy atom. The van der Waals surface area contributed by atoms with Crippen molar-refractivity contribution in [3.8, 4) is 0 Å². The van der Waals surface area contributed by atoms with Crippen LogP contribution in [0.2, 0.25) is 0 Å². The summed E-state index contributed by atoms with van der Waals surface area (Å²) in [6.07, 6.45) is 0.934. The second-order valence-electron chi connectivity index (χ2n) is 5.40. The van der Waals surface area contributed by atoms with Crippen molar-refractivity contribution in [3.63, 3.8) is 0 Å². The molecule has 0 aliphatic carbocycles. The molecule has 2 rings (SSSR count). The molecule has 0 spiro atoms. The van der Waals surface area contributed by atoms with Gasteiger partial charge >= 0.3 is 0 Å². The van der Waals surface area contributed by atoms with Gasteiger partial charge in [0.25, 0.3) is 0 Å². The van der Waals surface area contributed by atoms with Crippen LogP contribution in [0.3, 0.4) is 0 Å². The fourth-order valence-electron chi connectivity index (χ4n) is 2.57. The summed E-state index contributed by atoms with van der Waals surface area (Å²) in [5.41, 5.74) is 0. The maximum absolute atomic E-state index is 12.4. The lowest BCUT2D eigenvalue weighted by Crippen LogP contribution is -2.52. The molecule has 2 N–H and O–H groups in total. The summed E-state index contributed by atoms with van der Waals surface area (Å²) >= 11 is 0. The van der Waals surface area contributed by atoms with E-state index in [0.29, 0.717) is 52.4 Å². The summed E-state index contributed by atoms with van der Waals surface area (Å²) in [5.74, 6) is -0.117. The van der Waals surface area contributed by atoms with Crippen molar-refractivity contribution in [2.75, 3.05) is 46.1 Å². The SMILES string of the molecule is CCC(NC(=O)CC1COCCN1)C(=O)N1CCOCC1. The van der Waals surface area contributed by atoms with Crippen LogP contribution in [-0.4, -0.2) is 74.9 Å². The number of hydrogen-bond acceptors (Lipinski definition) is 5. The first kappa shape index (κ1) is 16.2. The molecule has 2 fully saturated rings. The van der Waals surface area contributed by atoms with Gasteiger partial charge in [-0.15, -0.1) is 0 Å². The Hall–Kier alpha value is -1.18. The average molecular weight is 299 g/mol. The summed E-state index contributed by atoms with van der Waals surface area (Å²) in [5, 5.41) is 6.08. The molecule has 21 heavy (non-hydrogen) atoms. The van der Waals surface area contributed by atoms with Crippen molar-refractivity contribution >= 4 is 11.8 Å². The van der Waals surface area contributed by atoms with Gasteiger partial charge in [-0.25, -0.2) is 0 Å². The van der Waals surface area contributed by atoms with Crippen molar-refractivity contribution < 1.29 is 19.1 Å². The Labute approximate surface area is 125 Å². The van der Waals surface area contributed by atoms with E-state index in [2.05, 4.69) is 10.6 Å². The lowest BCUT2D eigenvalue weighted by Gasteiger charge is -2.31. The zero-order chi connectivity index (χ0) is 15.1. The van der Waals surface area contributed by atoms with Gasteiger partial charge in [0.15, 0.2) is 0 Å². The second kappa shape index (κ2) is 8.31. The Morgan fingerprint density at radius 3 is 2.67 bits per heavy atom. The number of amides is 2. The summed E-state index contributed by atoms with van der Waals surface area (Å²) in [6, 6.07) is -0.408. The van der Waals surface area contributed by atoms with Gasteiger partial charge in [-0.1, -0.05) is 6.92 Å². The highest BCUT2D eigenvalue weighted by Gasteiger charge is 2.26. The van der Waals surface area contributed by atoms with Crippen LogP contribution < -0.4 is 10.6 Å². The zero-order valence-electron chi connectivity index (χ0n) is 12.6. The number of hydrogen-bond donors (Lipinski definition) is 2. The fraction of sp³-hybridized carbons (Fsp3) is 0.857. The molecule has 2 aliphatic rings. The van der Waals surface area contributed by atoms with E-state index in [1.165, 1.54) is 0 Å². The lowest BCUT2D eigenvalue weighted by molar-refractivity contribution is -0.140. The van der Waals surface area contributed by atoms with Crippen molar-refractivity contribution in [2.24, 2.45) is 0 Å². The third-order valence-corrected chi connectivity index (χ3v) is 3.79. The smallest absolute Gasteiger partial charge is 0.245 e. The number of carbonyl (C=O) groups is 2. The molecule has 2 aliphatic heterocycles. The maximum atomic E-state index is 12.4. The Bertz CT molecular complexity index is 352. The molecule has 2 unspecified atom stereocenters. The minimum absolute atomic E-state index is 0.0120. The van der Waals surface area contributed by atoms with Gasteiger partial charge < -0.3 is 25.0 Å². The molecule has 2 amide bonds. The van der Waals surface area contributed by atoms with Crippen LogP contribution in [0.5, 0.6) is 0 Å². The van der Waals surface area contributed by atoms with Gasteiger partial charge in [0.1, 0.15) is 6.04 Å². The summed E-state index contributed by atoms with van der Waals surface area (Å²) in [7, 11) is 0. The van der Waals surface area contributed by atoms with E-state index >= 15 is 0 Å². The predicted octanol–water partition coefficient (Wildman–Crippen LogP) is -0.881. The molecule has 7 nitrogen and oxygen atoms in total. The monoisotopic (exact) mass is 299 g/mol. The molecule has 0 bridgehead atoms. The quantitative estimate of drug-likeness (QED) is 0.689. The predicted molar refractivity (Wildman–Crippen MR) is 76.8 cm³/mol. The summed E-state index contributed by atoms with van der Waals surface area (Å²) < 4.78 is 10.6. The molecule has 0 aromatic carbocycles. The first-order chi connectivity index (χ1) is 10.2. The first-order valence-electron chi connectivity index (χ1n) is 7.67. The Balaban J connectivity index is 1.79. The normalized spacial score (nSPS) is 24.4. The molecule has 0 aromatic rings. The zero-order valence-corrected chi connectivity index (χ0v) is 12.6. The highest BCUT2D eigenvalue weighted by Crippen LogP contribution is 2.05. The van der Waals surface area contributed by atoms with Crippen LogP contribution in [0.15, 0.2) is 0 Å². The number of rotatable bonds is 5. The van der Waals surface area contributed by atoms with Crippen molar-refractivity contribution in [1.29, 1.82) is 0 Å². The second-order valence-corrected chi connectivity index (χ2v) is 5.40. The van der Waals surface area contributed by atoms with E-state index < -0.39 is 6.04 Å². The Morgan fingerprint density at radius 2 is 2.05 bits per heavy atom. The molecular formula is C14H25N3O4. The van der Waals surface area contributed by atoms with E-state index in [0.717, 1.165) is 6.54 Å². The molecule has 0 aromatic heterocycles. The van der Waals surface area contributed by atoms with Crippen molar-refractivity contribution in [3.05, 3.63) is 0 Å². The minimum atomic E-state index is -0.444. The van der Waals surface area contributed by atoms with Gasteiger partial charge in [-0.2, -0.15) is 0 Å². The molecule has 0 saturated carbocycles. The average Bonchev–Trinajstić information content (AvgIpc) is 2.53. The summed E-state index contributed by atoms with van der Waals surface area (Å²) in [6.45, 7) is 6.24. The highest BCUT2D eigenvalue weighted by atomic mass is 16.5. The fourth-order valence-corrected chi connectivity index (χ4v) is 2.57. The standard InChI is InChI=1S/C14H25N3O4/c1-2-12(14(19)17-4-7-20-8-5-17)16-13(18)9-11-10-21-6-3-15-11/h11-12,15H,2-10H2,1H3,(H,16,18). The summed E-state index contributed by atoms with van der Waals surface area (Å²) in [4.78, 5) is 26.2. The molecule has 2 heterocycles. The molecule has 120 valence electrons. The van der Waals surface area contributed by atoms with Gasteiger partial charge in [0, 0.05) is 32.1 Å².